The van der Waals surface area contributed by atoms with Crippen molar-refractivity contribution in [2.75, 3.05) is 13.1 Å². The van der Waals surface area contributed by atoms with Crippen molar-refractivity contribution in [3.05, 3.63) is 22.4 Å². The first-order chi connectivity index (χ1) is 8.46. The molecule has 102 valence electrons. The first-order valence-corrected chi connectivity index (χ1v) is 7.86. The number of nitrogens with zero attached hydrogens (tertiary/aromatic N) is 1. The summed E-state index contributed by atoms with van der Waals surface area (Å²) in [6.45, 7) is 12.6. The fraction of sp³-hybridized carbons (Fsp3) is 0.733. The molecule has 1 aromatic rings. The van der Waals surface area contributed by atoms with Gasteiger partial charge in [0.2, 0.25) is 0 Å². The van der Waals surface area contributed by atoms with E-state index in [1.807, 2.05) is 11.3 Å². The SMILES string of the molecule is CC(C)CC1CNC(C)(C)CN1Cc1cccs1. The molecule has 0 spiro atoms. The predicted molar refractivity (Wildman–Crippen MR) is 80.1 cm³/mol. The maximum atomic E-state index is 3.69. The van der Waals surface area contributed by atoms with Crippen LogP contribution in [0.3, 0.4) is 0 Å². The van der Waals surface area contributed by atoms with Gasteiger partial charge < -0.3 is 5.32 Å². The van der Waals surface area contributed by atoms with Crippen LogP contribution in [0, 0.1) is 5.92 Å². The predicted octanol–water partition coefficient (Wildman–Crippen LogP) is 3.35. The van der Waals surface area contributed by atoms with Crippen LogP contribution < -0.4 is 5.32 Å². The first-order valence-electron chi connectivity index (χ1n) is 6.98. The Bertz CT molecular complexity index is 357. The fourth-order valence-electron chi connectivity index (χ4n) is 2.78. The molecule has 0 radical (unpaired) electrons. The van der Waals surface area contributed by atoms with Gasteiger partial charge in [-0.3, -0.25) is 4.90 Å². The quantitative estimate of drug-likeness (QED) is 0.899. The van der Waals surface area contributed by atoms with E-state index in [0.29, 0.717) is 6.04 Å². The molecule has 2 heterocycles. The van der Waals surface area contributed by atoms with Crippen LogP contribution in [-0.4, -0.2) is 29.6 Å². The molecule has 1 unspecified atom stereocenters. The van der Waals surface area contributed by atoms with Gasteiger partial charge in [-0.15, -0.1) is 11.3 Å². The van der Waals surface area contributed by atoms with Crippen LogP contribution >= 0.6 is 11.3 Å². The Morgan fingerprint density at radius 2 is 2.28 bits per heavy atom. The molecule has 0 aliphatic carbocycles. The zero-order valence-corrected chi connectivity index (χ0v) is 12.9. The maximum Gasteiger partial charge on any atom is 0.0332 e. The molecular weight excluding hydrogens is 240 g/mol. The molecule has 1 N–H and O–H groups in total. The van der Waals surface area contributed by atoms with E-state index in [2.05, 4.69) is 55.4 Å². The summed E-state index contributed by atoms with van der Waals surface area (Å²) in [7, 11) is 0. The Morgan fingerprint density at radius 1 is 1.50 bits per heavy atom. The monoisotopic (exact) mass is 266 g/mol. The third-order valence-corrected chi connectivity index (χ3v) is 4.47. The van der Waals surface area contributed by atoms with Crippen LogP contribution in [0.25, 0.3) is 0 Å². The number of nitrogens with one attached hydrogen (secondary N) is 1. The lowest BCUT2D eigenvalue weighted by atomic mass is 9.94. The Hall–Kier alpha value is -0.380. The lowest BCUT2D eigenvalue weighted by molar-refractivity contribution is 0.0769. The molecule has 3 heteroatoms. The molecule has 1 saturated heterocycles. The van der Waals surface area contributed by atoms with Crippen molar-refractivity contribution in [3.8, 4) is 0 Å². The molecule has 0 amide bonds. The third-order valence-electron chi connectivity index (χ3n) is 3.61. The molecule has 2 nitrogen and oxygen atoms in total. The average molecular weight is 266 g/mol. The smallest absolute Gasteiger partial charge is 0.0332 e. The maximum absolute atomic E-state index is 3.69. The summed E-state index contributed by atoms with van der Waals surface area (Å²) in [5.41, 5.74) is 0.241. The summed E-state index contributed by atoms with van der Waals surface area (Å²) in [5, 5.41) is 5.87. The van der Waals surface area contributed by atoms with Crippen LogP contribution in [0.4, 0.5) is 0 Å². The summed E-state index contributed by atoms with van der Waals surface area (Å²) < 4.78 is 0. The Balaban J connectivity index is 2.04. The van der Waals surface area contributed by atoms with Crippen molar-refractivity contribution in [2.24, 2.45) is 5.92 Å². The van der Waals surface area contributed by atoms with E-state index in [-0.39, 0.29) is 5.54 Å². The van der Waals surface area contributed by atoms with Gasteiger partial charge in [0.1, 0.15) is 0 Å². The largest absolute Gasteiger partial charge is 0.309 e. The average Bonchev–Trinajstić information content (AvgIpc) is 2.74. The highest BCUT2D eigenvalue weighted by Gasteiger charge is 2.32. The zero-order chi connectivity index (χ0) is 13.2. The standard InChI is InChI=1S/C15H26N2S/c1-12(2)8-13-9-16-15(3,4)11-17(13)10-14-6-5-7-18-14/h5-7,12-13,16H,8-11H2,1-4H3. The number of rotatable bonds is 4. The van der Waals surface area contributed by atoms with Gasteiger partial charge in [-0.05, 0) is 37.6 Å². The van der Waals surface area contributed by atoms with Crippen molar-refractivity contribution in [1.29, 1.82) is 0 Å². The lowest BCUT2D eigenvalue weighted by Crippen LogP contribution is -2.61. The molecule has 1 aromatic heterocycles. The zero-order valence-electron chi connectivity index (χ0n) is 12.1. The second-order valence-electron chi connectivity index (χ2n) is 6.53. The molecule has 1 fully saturated rings. The van der Waals surface area contributed by atoms with Crippen LogP contribution in [-0.2, 0) is 6.54 Å². The van der Waals surface area contributed by atoms with E-state index in [1.54, 1.807) is 0 Å². The number of thiophene rings is 1. The second-order valence-corrected chi connectivity index (χ2v) is 7.56. The summed E-state index contributed by atoms with van der Waals surface area (Å²) >= 11 is 1.88. The van der Waals surface area contributed by atoms with E-state index in [4.69, 9.17) is 0 Å². The van der Waals surface area contributed by atoms with E-state index >= 15 is 0 Å². The summed E-state index contributed by atoms with van der Waals surface area (Å²) in [4.78, 5) is 4.16. The molecule has 1 aliphatic rings. The van der Waals surface area contributed by atoms with Gasteiger partial charge in [-0.2, -0.15) is 0 Å². The van der Waals surface area contributed by atoms with Gasteiger partial charge in [0.15, 0.2) is 0 Å². The minimum Gasteiger partial charge on any atom is -0.309 e. The molecule has 1 atom stereocenters. The van der Waals surface area contributed by atoms with Crippen molar-refractivity contribution in [2.45, 2.75) is 52.2 Å². The van der Waals surface area contributed by atoms with Crippen LogP contribution in [0.2, 0.25) is 0 Å². The number of hydrogen-bond acceptors (Lipinski definition) is 3. The van der Waals surface area contributed by atoms with Crippen molar-refractivity contribution in [3.63, 3.8) is 0 Å². The van der Waals surface area contributed by atoms with Gasteiger partial charge in [0, 0.05) is 36.1 Å². The van der Waals surface area contributed by atoms with E-state index in [1.165, 1.54) is 11.3 Å². The Morgan fingerprint density at radius 3 is 2.89 bits per heavy atom. The van der Waals surface area contributed by atoms with Gasteiger partial charge >= 0.3 is 0 Å². The molecular formula is C15H26N2S. The third kappa shape index (κ3) is 3.81. The van der Waals surface area contributed by atoms with Crippen LogP contribution in [0.15, 0.2) is 17.5 Å². The summed E-state index contributed by atoms with van der Waals surface area (Å²) in [5.74, 6) is 0.767. The molecule has 0 saturated carbocycles. The topological polar surface area (TPSA) is 15.3 Å². The highest BCUT2D eigenvalue weighted by Crippen LogP contribution is 2.23. The van der Waals surface area contributed by atoms with Crippen LogP contribution in [0.5, 0.6) is 0 Å². The van der Waals surface area contributed by atoms with Crippen LogP contribution in [0.1, 0.15) is 39.0 Å². The summed E-state index contributed by atoms with van der Waals surface area (Å²) in [6.07, 6.45) is 1.29. The van der Waals surface area contributed by atoms with Gasteiger partial charge in [-0.25, -0.2) is 0 Å². The minimum absolute atomic E-state index is 0.241. The molecule has 1 aliphatic heterocycles. The minimum atomic E-state index is 0.241. The van der Waals surface area contributed by atoms with E-state index in [9.17, 15) is 0 Å². The molecule has 0 aromatic carbocycles. The number of piperazine rings is 1. The Labute approximate surface area is 115 Å². The molecule has 2 rings (SSSR count). The fourth-order valence-corrected chi connectivity index (χ4v) is 3.51. The van der Waals surface area contributed by atoms with Crippen molar-refractivity contribution < 1.29 is 0 Å². The molecule has 18 heavy (non-hydrogen) atoms. The van der Waals surface area contributed by atoms with Gasteiger partial charge in [0.25, 0.3) is 0 Å². The normalized spacial score (nSPS) is 24.6. The van der Waals surface area contributed by atoms with E-state index < -0.39 is 0 Å². The van der Waals surface area contributed by atoms with E-state index in [0.717, 1.165) is 25.6 Å². The first kappa shape index (κ1) is 14.0. The van der Waals surface area contributed by atoms with Crippen molar-refractivity contribution in [1.82, 2.24) is 10.2 Å². The lowest BCUT2D eigenvalue weighted by Gasteiger charge is -2.45. The highest BCUT2D eigenvalue weighted by atomic mass is 32.1. The van der Waals surface area contributed by atoms with Gasteiger partial charge in [-0.1, -0.05) is 19.9 Å². The number of hydrogen-bond donors (Lipinski definition) is 1. The molecule has 0 bridgehead atoms. The second kappa shape index (κ2) is 5.72. The van der Waals surface area contributed by atoms with Crippen molar-refractivity contribution >= 4 is 11.3 Å². The Kier molecular flexibility index (Phi) is 4.46. The summed E-state index contributed by atoms with van der Waals surface area (Å²) in [6, 6.07) is 5.09. The van der Waals surface area contributed by atoms with Gasteiger partial charge in [0.05, 0.1) is 0 Å². The highest BCUT2D eigenvalue weighted by molar-refractivity contribution is 7.09.